The van der Waals surface area contributed by atoms with Gasteiger partial charge in [-0.2, -0.15) is 0 Å². The van der Waals surface area contributed by atoms with Gasteiger partial charge in [0.15, 0.2) is 6.10 Å². The summed E-state index contributed by atoms with van der Waals surface area (Å²) in [5, 5.41) is 0. The lowest BCUT2D eigenvalue weighted by Crippen LogP contribution is -2.29. The largest absolute Gasteiger partial charge is 0.472 e. The average Bonchev–Trinajstić information content (AvgIpc) is 3.03. The van der Waals surface area contributed by atoms with E-state index in [9.17, 15) is 19.0 Å². The Balaban J connectivity index is 4.11. The molecule has 1 N–H and O–H groups in total. The van der Waals surface area contributed by atoms with Crippen LogP contribution in [-0.2, 0) is 32.7 Å². The smallest absolute Gasteiger partial charge is 0.462 e. The summed E-state index contributed by atoms with van der Waals surface area (Å²) in [7, 11) is -3.20. The second-order valence-electron chi connectivity index (χ2n) is 12.0. The maximum Gasteiger partial charge on any atom is 0.472 e. The molecule has 0 saturated carbocycles. The molecule has 0 saturated heterocycles. The van der Waals surface area contributed by atoms with E-state index in [0.29, 0.717) is 12.8 Å². The lowest BCUT2D eigenvalue weighted by molar-refractivity contribution is -0.161. The van der Waals surface area contributed by atoms with Gasteiger partial charge in [-0.25, -0.2) is 4.57 Å². The Morgan fingerprint density at radius 1 is 0.622 bits per heavy atom. The SMILES string of the molecule is CCCC/C=C\C/C=C\CCCCCCCC(=O)OC(COC(=O)CCCCCCCCCCCCCC)COP(=O)(O)OC. The molecule has 0 aliphatic rings. The zero-order valence-electron chi connectivity index (χ0n) is 29.0. The number of allylic oxidation sites excluding steroid dienone is 4. The number of hydrogen-bond acceptors (Lipinski definition) is 7. The van der Waals surface area contributed by atoms with Crippen LogP contribution in [0.1, 0.15) is 168 Å². The molecule has 0 fully saturated rings. The van der Waals surface area contributed by atoms with Gasteiger partial charge in [0.2, 0.25) is 0 Å². The third-order valence-electron chi connectivity index (χ3n) is 7.70. The van der Waals surface area contributed by atoms with Gasteiger partial charge in [0.05, 0.1) is 6.61 Å². The lowest BCUT2D eigenvalue weighted by Gasteiger charge is -2.19. The maximum atomic E-state index is 12.4. The first-order valence-corrected chi connectivity index (χ1v) is 19.5. The first kappa shape index (κ1) is 43.5. The Morgan fingerprint density at radius 3 is 1.62 bits per heavy atom. The van der Waals surface area contributed by atoms with Crippen molar-refractivity contribution in [2.24, 2.45) is 0 Å². The summed E-state index contributed by atoms with van der Waals surface area (Å²) in [6, 6.07) is 0. The van der Waals surface area contributed by atoms with Gasteiger partial charge in [-0.1, -0.05) is 141 Å². The second kappa shape index (κ2) is 32.5. The maximum absolute atomic E-state index is 12.4. The van der Waals surface area contributed by atoms with Gasteiger partial charge in [0.1, 0.15) is 6.61 Å². The summed E-state index contributed by atoms with van der Waals surface area (Å²) in [5.41, 5.74) is 0. The molecule has 0 bridgehead atoms. The van der Waals surface area contributed by atoms with Gasteiger partial charge >= 0.3 is 19.8 Å². The highest BCUT2D eigenvalue weighted by molar-refractivity contribution is 7.47. The van der Waals surface area contributed by atoms with Gasteiger partial charge in [-0.15, -0.1) is 0 Å². The number of phosphoric acid groups is 1. The monoisotopic (exact) mass is 658 g/mol. The minimum absolute atomic E-state index is 0.228. The van der Waals surface area contributed by atoms with Crippen molar-refractivity contribution in [1.82, 2.24) is 0 Å². The third-order valence-corrected chi connectivity index (χ3v) is 8.64. The molecule has 45 heavy (non-hydrogen) atoms. The van der Waals surface area contributed by atoms with Crippen LogP contribution in [0.3, 0.4) is 0 Å². The molecule has 0 aromatic carbocycles. The molecule has 264 valence electrons. The Kier molecular flexibility index (Phi) is 31.4. The van der Waals surface area contributed by atoms with E-state index in [0.717, 1.165) is 71.3 Å². The van der Waals surface area contributed by atoms with Crippen molar-refractivity contribution in [1.29, 1.82) is 0 Å². The Morgan fingerprint density at radius 2 is 1.09 bits per heavy atom. The molecule has 0 radical (unpaired) electrons. The van der Waals surface area contributed by atoms with E-state index in [-0.39, 0.29) is 19.0 Å². The van der Waals surface area contributed by atoms with Crippen LogP contribution >= 0.6 is 7.82 Å². The van der Waals surface area contributed by atoms with Crippen molar-refractivity contribution in [2.45, 2.75) is 174 Å². The molecule has 0 aromatic rings. The fourth-order valence-electron chi connectivity index (χ4n) is 4.85. The fourth-order valence-corrected chi connectivity index (χ4v) is 5.31. The summed E-state index contributed by atoms with van der Waals surface area (Å²) >= 11 is 0. The summed E-state index contributed by atoms with van der Waals surface area (Å²) in [6.07, 6.45) is 33.7. The number of carbonyl (C=O) groups is 2. The van der Waals surface area contributed by atoms with Crippen LogP contribution in [0.2, 0.25) is 0 Å². The molecule has 8 nitrogen and oxygen atoms in total. The molecule has 0 amide bonds. The van der Waals surface area contributed by atoms with Gasteiger partial charge in [-0.05, 0) is 38.5 Å². The number of phosphoric ester groups is 1. The molecule has 0 spiro atoms. The molecular formula is C36H67O8P. The summed E-state index contributed by atoms with van der Waals surface area (Å²) in [4.78, 5) is 34.2. The molecule has 9 heteroatoms. The Hall–Kier alpha value is -1.47. The normalized spacial score (nSPS) is 13.8. The van der Waals surface area contributed by atoms with Crippen molar-refractivity contribution < 1.29 is 37.6 Å². The number of esters is 2. The summed E-state index contributed by atoms with van der Waals surface area (Å²) < 4.78 is 31.8. The molecule has 0 aromatic heterocycles. The predicted molar refractivity (Wildman–Crippen MR) is 184 cm³/mol. The Bertz CT molecular complexity index is 798. The number of hydrogen-bond donors (Lipinski definition) is 1. The van der Waals surface area contributed by atoms with Gasteiger partial charge < -0.3 is 14.4 Å². The lowest BCUT2D eigenvalue weighted by atomic mass is 10.0. The number of carbonyl (C=O) groups excluding carboxylic acids is 2. The molecule has 2 atom stereocenters. The van der Waals surface area contributed by atoms with Crippen LogP contribution in [0, 0.1) is 0 Å². The quantitative estimate of drug-likeness (QED) is 0.0321. The van der Waals surface area contributed by atoms with E-state index >= 15 is 0 Å². The molecule has 0 aliphatic carbocycles. The zero-order chi connectivity index (χ0) is 33.3. The standard InChI is InChI=1S/C36H67O8P/c1-4-6-8-10-12-14-16-18-19-21-23-25-27-29-31-36(38)44-34(33-43-45(39,40)41-3)32-42-35(37)30-28-26-24-22-20-17-15-13-11-9-7-5-2/h10,12,16,18,34H,4-9,11,13-15,17,19-33H2,1-3H3,(H,39,40)/b12-10-,18-16-. The van der Waals surface area contributed by atoms with Gasteiger partial charge in [0, 0.05) is 20.0 Å². The van der Waals surface area contributed by atoms with E-state index in [1.807, 2.05) is 0 Å². The van der Waals surface area contributed by atoms with Gasteiger partial charge in [0.25, 0.3) is 0 Å². The number of rotatable bonds is 33. The van der Waals surface area contributed by atoms with Crippen LogP contribution in [0.4, 0.5) is 0 Å². The summed E-state index contributed by atoms with van der Waals surface area (Å²) in [5.74, 6) is -0.818. The van der Waals surface area contributed by atoms with Crippen molar-refractivity contribution in [2.75, 3.05) is 20.3 Å². The van der Waals surface area contributed by atoms with Gasteiger partial charge in [-0.3, -0.25) is 18.6 Å². The molecule has 0 heterocycles. The minimum atomic E-state index is -4.25. The van der Waals surface area contributed by atoms with Crippen molar-refractivity contribution in [3.8, 4) is 0 Å². The number of unbranched alkanes of at least 4 members (excludes halogenated alkanes) is 18. The van der Waals surface area contributed by atoms with E-state index in [1.54, 1.807) is 0 Å². The third kappa shape index (κ3) is 32.3. The first-order chi connectivity index (χ1) is 21.8. The Labute approximate surface area is 275 Å². The van der Waals surface area contributed by atoms with Crippen molar-refractivity contribution in [3.05, 3.63) is 24.3 Å². The molecule has 0 rings (SSSR count). The molecule has 2 unspecified atom stereocenters. The van der Waals surface area contributed by atoms with E-state index in [2.05, 4.69) is 42.7 Å². The van der Waals surface area contributed by atoms with Crippen LogP contribution in [0.15, 0.2) is 24.3 Å². The van der Waals surface area contributed by atoms with Crippen LogP contribution in [-0.4, -0.2) is 43.3 Å². The van der Waals surface area contributed by atoms with Crippen LogP contribution < -0.4 is 0 Å². The topological polar surface area (TPSA) is 108 Å². The van der Waals surface area contributed by atoms with E-state index in [4.69, 9.17) is 14.0 Å². The highest BCUT2D eigenvalue weighted by Gasteiger charge is 2.24. The zero-order valence-corrected chi connectivity index (χ0v) is 29.9. The van der Waals surface area contributed by atoms with E-state index < -0.39 is 26.5 Å². The second-order valence-corrected chi connectivity index (χ2v) is 13.6. The first-order valence-electron chi connectivity index (χ1n) is 18.0. The van der Waals surface area contributed by atoms with Crippen molar-refractivity contribution in [3.63, 3.8) is 0 Å². The highest BCUT2D eigenvalue weighted by atomic mass is 31.2. The summed E-state index contributed by atoms with van der Waals surface area (Å²) in [6.45, 7) is 3.82. The van der Waals surface area contributed by atoms with Crippen LogP contribution in [0.5, 0.6) is 0 Å². The predicted octanol–water partition coefficient (Wildman–Crippen LogP) is 10.7. The molecule has 0 aliphatic heterocycles. The minimum Gasteiger partial charge on any atom is -0.462 e. The van der Waals surface area contributed by atoms with E-state index in [1.165, 1.54) is 70.6 Å². The molecular weight excluding hydrogens is 591 g/mol. The average molecular weight is 659 g/mol. The fraction of sp³-hybridized carbons (Fsp3) is 0.833. The highest BCUT2D eigenvalue weighted by Crippen LogP contribution is 2.42. The van der Waals surface area contributed by atoms with Crippen LogP contribution in [0.25, 0.3) is 0 Å². The van der Waals surface area contributed by atoms with Crippen molar-refractivity contribution >= 4 is 19.8 Å². The number of ether oxygens (including phenoxy) is 2.